The summed E-state index contributed by atoms with van der Waals surface area (Å²) < 4.78 is 1.89. The van der Waals surface area contributed by atoms with Gasteiger partial charge < -0.3 is 5.32 Å². The lowest BCUT2D eigenvalue weighted by Gasteiger charge is -2.32. The van der Waals surface area contributed by atoms with E-state index in [-0.39, 0.29) is 0 Å². The Balaban J connectivity index is 1.48. The lowest BCUT2D eigenvalue weighted by molar-refractivity contribution is 0.170. The molecule has 0 amide bonds. The first-order valence-corrected chi connectivity index (χ1v) is 9.45. The maximum Gasteiger partial charge on any atom is 0.0568 e. The van der Waals surface area contributed by atoms with Crippen LogP contribution in [0.15, 0.2) is 30.6 Å². The molecule has 0 saturated carbocycles. The van der Waals surface area contributed by atoms with Crippen LogP contribution in [0, 0.1) is 6.92 Å². The molecule has 1 aromatic heterocycles. The smallest absolute Gasteiger partial charge is 0.0568 e. The molecule has 0 aliphatic carbocycles. The minimum Gasteiger partial charge on any atom is -0.314 e. The molecule has 1 atom stereocenters. The molecule has 134 valence electrons. The zero-order chi connectivity index (χ0) is 17.2. The molecule has 2 fully saturated rings. The van der Waals surface area contributed by atoms with E-state index in [4.69, 9.17) is 0 Å². The first-order chi connectivity index (χ1) is 12.2. The second kappa shape index (κ2) is 7.28. The van der Waals surface area contributed by atoms with Gasteiger partial charge in [-0.1, -0.05) is 23.8 Å². The van der Waals surface area contributed by atoms with Crippen molar-refractivity contribution in [3.8, 4) is 11.1 Å². The summed E-state index contributed by atoms with van der Waals surface area (Å²) in [4.78, 5) is 5.30. The van der Waals surface area contributed by atoms with Gasteiger partial charge in [-0.25, -0.2) is 0 Å². The topological polar surface area (TPSA) is 36.3 Å². The SMILES string of the molecule is Cc1ccc(CN2CCC(N3CCNCC3)C2)c(-c2cnn(C)c2)c1. The quantitative estimate of drug-likeness (QED) is 0.923. The lowest BCUT2D eigenvalue weighted by atomic mass is 9.99. The van der Waals surface area contributed by atoms with Crippen LogP contribution in [-0.4, -0.2) is 64.9 Å². The third-order valence-corrected chi connectivity index (χ3v) is 5.59. The van der Waals surface area contributed by atoms with Crippen LogP contribution in [0.1, 0.15) is 17.5 Å². The van der Waals surface area contributed by atoms with Gasteiger partial charge in [0.25, 0.3) is 0 Å². The first-order valence-electron chi connectivity index (χ1n) is 9.45. The largest absolute Gasteiger partial charge is 0.314 e. The Labute approximate surface area is 150 Å². The minimum atomic E-state index is 0.731. The Morgan fingerprint density at radius 1 is 1.20 bits per heavy atom. The van der Waals surface area contributed by atoms with Crippen molar-refractivity contribution in [3.63, 3.8) is 0 Å². The van der Waals surface area contributed by atoms with E-state index in [1.54, 1.807) is 0 Å². The number of hydrogen-bond donors (Lipinski definition) is 1. The van der Waals surface area contributed by atoms with Crippen LogP contribution >= 0.6 is 0 Å². The third-order valence-electron chi connectivity index (χ3n) is 5.59. The number of piperazine rings is 1. The Morgan fingerprint density at radius 3 is 2.80 bits per heavy atom. The van der Waals surface area contributed by atoms with E-state index in [1.807, 2.05) is 17.9 Å². The van der Waals surface area contributed by atoms with Crippen LogP contribution in [0.3, 0.4) is 0 Å². The fraction of sp³-hybridized carbons (Fsp3) is 0.550. The van der Waals surface area contributed by atoms with Gasteiger partial charge in [0.05, 0.1) is 6.20 Å². The van der Waals surface area contributed by atoms with Crippen molar-refractivity contribution in [1.29, 1.82) is 0 Å². The highest BCUT2D eigenvalue weighted by molar-refractivity contribution is 5.66. The van der Waals surface area contributed by atoms with Crippen LogP contribution in [-0.2, 0) is 13.6 Å². The van der Waals surface area contributed by atoms with Crippen molar-refractivity contribution in [2.24, 2.45) is 7.05 Å². The van der Waals surface area contributed by atoms with Crippen LogP contribution in [0.25, 0.3) is 11.1 Å². The highest BCUT2D eigenvalue weighted by Crippen LogP contribution is 2.27. The highest BCUT2D eigenvalue weighted by atomic mass is 15.3. The van der Waals surface area contributed by atoms with Crippen LogP contribution in [0.2, 0.25) is 0 Å². The monoisotopic (exact) mass is 339 g/mol. The summed E-state index contributed by atoms with van der Waals surface area (Å²) in [5.41, 5.74) is 5.28. The van der Waals surface area contributed by atoms with Gasteiger partial charge in [0.15, 0.2) is 0 Å². The molecular weight excluding hydrogens is 310 g/mol. The number of aryl methyl sites for hydroxylation is 2. The summed E-state index contributed by atoms with van der Waals surface area (Å²) >= 11 is 0. The summed E-state index contributed by atoms with van der Waals surface area (Å²) in [6.07, 6.45) is 5.39. The molecule has 0 bridgehead atoms. The molecule has 2 aliphatic rings. The Kier molecular flexibility index (Phi) is 4.88. The van der Waals surface area contributed by atoms with E-state index in [1.165, 1.54) is 54.9 Å². The van der Waals surface area contributed by atoms with Crippen molar-refractivity contribution in [2.45, 2.75) is 25.9 Å². The molecule has 3 heterocycles. The maximum atomic E-state index is 4.36. The standard InChI is InChI=1S/C20H29N5/c1-16-3-4-17(20(11-16)18-12-22-23(2)13-18)14-24-8-5-19(15-24)25-9-6-21-7-10-25/h3-4,11-13,19,21H,5-10,14-15H2,1-2H3. The molecule has 5 heteroatoms. The zero-order valence-electron chi connectivity index (χ0n) is 15.4. The molecule has 25 heavy (non-hydrogen) atoms. The van der Waals surface area contributed by atoms with Gasteiger partial charge in [-0.3, -0.25) is 14.5 Å². The fourth-order valence-electron chi connectivity index (χ4n) is 4.20. The summed E-state index contributed by atoms with van der Waals surface area (Å²) in [6.45, 7) is 10.3. The van der Waals surface area contributed by atoms with Crippen molar-refractivity contribution >= 4 is 0 Å². The number of likely N-dealkylation sites (tertiary alicyclic amines) is 1. The fourth-order valence-corrected chi connectivity index (χ4v) is 4.20. The highest BCUT2D eigenvalue weighted by Gasteiger charge is 2.28. The Bertz CT molecular complexity index is 717. The predicted molar refractivity (Wildman–Crippen MR) is 102 cm³/mol. The van der Waals surface area contributed by atoms with Crippen molar-refractivity contribution < 1.29 is 0 Å². The molecular formula is C20H29N5. The Morgan fingerprint density at radius 2 is 2.04 bits per heavy atom. The van der Waals surface area contributed by atoms with Gasteiger partial charge in [-0.05, 0) is 24.5 Å². The van der Waals surface area contributed by atoms with E-state index >= 15 is 0 Å². The van der Waals surface area contributed by atoms with Crippen molar-refractivity contribution in [3.05, 3.63) is 41.7 Å². The zero-order valence-corrected chi connectivity index (χ0v) is 15.4. The average Bonchev–Trinajstić information content (AvgIpc) is 3.26. The molecule has 1 N–H and O–H groups in total. The van der Waals surface area contributed by atoms with Gasteiger partial charge in [0.2, 0.25) is 0 Å². The average molecular weight is 339 g/mol. The summed E-state index contributed by atoms with van der Waals surface area (Å²) in [5, 5.41) is 7.82. The molecule has 0 radical (unpaired) electrons. The van der Waals surface area contributed by atoms with Gasteiger partial charge in [-0.15, -0.1) is 0 Å². The summed E-state index contributed by atoms with van der Waals surface area (Å²) in [6, 6.07) is 7.57. The molecule has 1 unspecified atom stereocenters. The Hall–Kier alpha value is -1.69. The van der Waals surface area contributed by atoms with E-state index in [0.717, 1.165) is 25.7 Å². The molecule has 2 saturated heterocycles. The maximum absolute atomic E-state index is 4.36. The molecule has 1 aromatic carbocycles. The normalized spacial score (nSPS) is 22.6. The number of nitrogens with zero attached hydrogens (tertiary/aromatic N) is 4. The van der Waals surface area contributed by atoms with Crippen molar-refractivity contribution in [2.75, 3.05) is 39.3 Å². The molecule has 2 aliphatic heterocycles. The predicted octanol–water partition coefficient (Wildman–Crippen LogP) is 1.88. The number of rotatable bonds is 4. The molecule has 0 spiro atoms. The van der Waals surface area contributed by atoms with E-state index in [0.29, 0.717) is 0 Å². The second-order valence-corrected chi connectivity index (χ2v) is 7.53. The van der Waals surface area contributed by atoms with Crippen LogP contribution in [0.4, 0.5) is 0 Å². The number of hydrogen-bond acceptors (Lipinski definition) is 4. The summed E-state index contributed by atoms with van der Waals surface area (Å²) in [5.74, 6) is 0. The van der Waals surface area contributed by atoms with Crippen LogP contribution in [0.5, 0.6) is 0 Å². The van der Waals surface area contributed by atoms with E-state index in [9.17, 15) is 0 Å². The van der Waals surface area contributed by atoms with E-state index < -0.39 is 0 Å². The second-order valence-electron chi connectivity index (χ2n) is 7.53. The number of aromatic nitrogens is 2. The molecule has 2 aromatic rings. The van der Waals surface area contributed by atoms with Crippen molar-refractivity contribution in [1.82, 2.24) is 24.9 Å². The van der Waals surface area contributed by atoms with Crippen LogP contribution < -0.4 is 5.32 Å². The lowest BCUT2D eigenvalue weighted by Crippen LogP contribution is -2.49. The number of benzene rings is 1. The molecule has 4 rings (SSSR count). The van der Waals surface area contributed by atoms with Gasteiger partial charge in [0, 0.05) is 70.7 Å². The van der Waals surface area contributed by atoms with Gasteiger partial charge in [-0.2, -0.15) is 5.10 Å². The van der Waals surface area contributed by atoms with Gasteiger partial charge in [0.1, 0.15) is 0 Å². The minimum absolute atomic E-state index is 0.731. The number of nitrogens with one attached hydrogen (secondary N) is 1. The molecule has 5 nitrogen and oxygen atoms in total. The third kappa shape index (κ3) is 3.78. The van der Waals surface area contributed by atoms with E-state index in [2.05, 4.69) is 51.5 Å². The first kappa shape index (κ1) is 16.8. The van der Waals surface area contributed by atoms with Gasteiger partial charge >= 0.3 is 0 Å². The summed E-state index contributed by atoms with van der Waals surface area (Å²) in [7, 11) is 1.98.